The van der Waals surface area contributed by atoms with Crippen molar-refractivity contribution in [1.82, 2.24) is 0 Å². The van der Waals surface area contributed by atoms with Crippen molar-refractivity contribution >= 4 is 17.9 Å². The van der Waals surface area contributed by atoms with E-state index in [9.17, 15) is 14.4 Å². The molecule has 0 unspecified atom stereocenters. The fourth-order valence-corrected chi connectivity index (χ4v) is 6.10. The van der Waals surface area contributed by atoms with Gasteiger partial charge in [0.05, 0.1) is 0 Å². The first-order chi connectivity index (χ1) is 23.4. The van der Waals surface area contributed by atoms with Crippen molar-refractivity contribution in [1.29, 1.82) is 0 Å². The summed E-state index contributed by atoms with van der Waals surface area (Å²) in [5, 5.41) is 0. The van der Waals surface area contributed by atoms with Crippen LogP contribution < -0.4 is 0 Å². The van der Waals surface area contributed by atoms with E-state index in [-0.39, 0.29) is 31.1 Å². The van der Waals surface area contributed by atoms with E-state index in [0.717, 1.165) is 63.7 Å². The molecular weight excluding hydrogens is 600 g/mol. The van der Waals surface area contributed by atoms with Gasteiger partial charge in [-0.05, 0) is 25.2 Å². The van der Waals surface area contributed by atoms with Gasteiger partial charge in [-0.2, -0.15) is 0 Å². The van der Waals surface area contributed by atoms with Crippen LogP contribution in [0.25, 0.3) is 0 Å². The molecule has 0 heterocycles. The molecule has 0 aromatic rings. The monoisotopic (exact) mass is 681 g/mol. The lowest BCUT2D eigenvalue weighted by Crippen LogP contribution is -2.30. The first kappa shape index (κ1) is 46.4. The maximum atomic E-state index is 12.6. The van der Waals surface area contributed by atoms with Gasteiger partial charge in [-0.3, -0.25) is 14.4 Å². The molecule has 0 aliphatic heterocycles. The summed E-state index contributed by atoms with van der Waals surface area (Å²) in [5.74, 6) is -0.0569. The Labute approximate surface area is 298 Å². The second-order valence-electron chi connectivity index (χ2n) is 14.7. The van der Waals surface area contributed by atoms with Crippen LogP contribution in [0, 0.1) is 5.92 Å². The minimum absolute atomic E-state index is 0.0650. The van der Waals surface area contributed by atoms with Gasteiger partial charge >= 0.3 is 17.9 Å². The smallest absolute Gasteiger partial charge is 0.306 e. The van der Waals surface area contributed by atoms with Gasteiger partial charge in [-0.1, -0.05) is 188 Å². The zero-order valence-corrected chi connectivity index (χ0v) is 32.4. The highest BCUT2D eigenvalue weighted by atomic mass is 16.6. The lowest BCUT2D eigenvalue weighted by atomic mass is 10.0. The molecular formula is C42H80O6. The molecule has 0 N–H and O–H groups in total. The average molecular weight is 681 g/mol. The first-order valence-corrected chi connectivity index (χ1v) is 20.9. The normalized spacial score (nSPS) is 11.9. The lowest BCUT2D eigenvalue weighted by molar-refractivity contribution is -0.167. The second-order valence-corrected chi connectivity index (χ2v) is 14.7. The van der Waals surface area contributed by atoms with Crippen molar-refractivity contribution < 1.29 is 28.6 Å². The third kappa shape index (κ3) is 35.7. The molecule has 48 heavy (non-hydrogen) atoms. The molecule has 6 nitrogen and oxygen atoms in total. The lowest BCUT2D eigenvalue weighted by Gasteiger charge is -2.18. The molecule has 0 saturated heterocycles. The van der Waals surface area contributed by atoms with E-state index in [4.69, 9.17) is 14.2 Å². The van der Waals surface area contributed by atoms with Gasteiger partial charge in [0, 0.05) is 19.3 Å². The highest BCUT2D eigenvalue weighted by molar-refractivity contribution is 5.71. The molecule has 0 aliphatic carbocycles. The third-order valence-electron chi connectivity index (χ3n) is 9.29. The summed E-state index contributed by atoms with van der Waals surface area (Å²) < 4.78 is 16.6. The minimum Gasteiger partial charge on any atom is -0.462 e. The first-order valence-electron chi connectivity index (χ1n) is 20.9. The van der Waals surface area contributed by atoms with Crippen LogP contribution in [0.2, 0.25) is 0 Å². The summed E-state index contributed by atoms with van der Waals surface area (Å²) in [6.07, 6.45) is 33.8. The van der Waals surface area contributed by atoms with E-state index in [1.54, 1.807) is 0 Å². The molecule has 0 amide bonds. The summed E-state index contributed by atoms with van der Waals surface area (Å²) in [6.45, 7) is 8.92. The van der Waals surface area contributed by atoms with Crippen LogP contribution in [0.1, 0.15) is 227 Å². The molecule has 0 bridgehead atoms. The summed E-state index contributed by atoms with van der Waals surface area (Å²) in [5.41, 5.74) is 0. The van der Waals surface area contributed by atoms with Gasteiger partial charge in [-0.15, -0.1) is 0 Å². The molecule has 0 aliphatic rings. The molecule has 0 rings (SSSR count). The molecule has 0 radical (unpaired) electrons. The van der Waals surface area contributed by atoms with Crippen LogP contribution in [-0.2, 0) is 28.6 Å². The van der Waals surface area contributed by atoms with Gasteiger partial charge in [-0.25, -0.2) is 0 Å². The zero-order valence-electron chi connectivity index (χ0n) is 32.4. The van der Waals surface area contributed by atoms with Gasteiger partial charge in [0.15, 0.2) is 6.10 Å². The van der Waals surface area contributed by atoms with Crippen molar-refractivity contribution in [2.24, 2.45) is 5.92 Å². The van der Waals surface area contributed by atoms with Crippen molar-refractivity contribution in [3.8, 4) is 0 Å². The Balaban J connectivity index is 4.32. The Kier molecular flexibility index (Phi) is 35.5. The van der Waals surface area contributed by atoms with Crippen LogP contribution in [0.15, 0.2) is 0 Å². The Morgan fingerprint density at radius 1 is 0.396 bits per heavy atom. The van der Waals surface area contributed by atoms with E-state index in [2.05, 4.69) is 27.7 Å². The number of unbranched alkanes of at least 4 members (excludes halogenated alkanes) is 24. The van der Waals surface area contributed by atoms with Gasteiger partial charge in [0.1, 0.15) is 13.2 Å². The minimum atomic E-state index is -0.757. The molecule has 6 heteroatoms. The van der Waals surface area contributed by atoms with Crippen LogP contribution in [0.5, 0.6) is 0 Å². The van der Waals surface area contributed by atoms with Crippen LogP contribution in [0.4, 0.5) is 0 Å². The van der Waals surface area contributed by atoms with E-state index < -0.39 is 6.10 Å². The summed E-state index contributed by atoms with van der Waals surface area (Å²) in [4.78, 5) is 37.4. The topological polar surface area (TPSA) is 78.9 Å². The standard InChI is InChI=1S/C42H80O6/c1-5-7-9-11-13-16-21-25-29-33-40(43)46-36-39(48-42(45)35-31-27-23-17-14-12-10-8-6-2)37-47-41(44)34-30-26-22-19-15-18-20-24-28-32-38(3)4/h38-39H,5-37H2,1-4H3/t39-/m0/s1. The quantitative estimate of drug-likeness (QED) is 0.0369. The van der Waals surface area contributed by atoms with E-state index >= 15 is 0 Å². The predicted octanol–water partition coefficient (Wildman–Crippen LogP) is 12.8. The Hall–Kier alpha value is -1.59. The molecule has 0 aromatic heterocycles. The number of ether oxygens (including phenoxy) is 3. The zero-order chi connectivity index (χ0) is 35.3. The van der Waals surface area contributed by atoms with E-state index in [1.807, 2.05) is 0 Å². The van der Waals surface area contributed by atoms with Crippen molar-refractivity contribution in [3.05, 3.63) is 0 Å². The largest absolute Gasteiger partial charge is 0.462 e. The van der Waals surface area contributed by atoms with Crippen LogP contribution in [-0.4, -0.2) is 37.2 Å². The molecule has 284 valence electrons. The van der Waals surface area contributed by atoms with Gasteiger partial charge in [0.2, 0.25) is 0 Å². The fraction of sp³-hybridized carbons (Fsp3) is 0.929. The number of hydrogen-bond donors (Lipinski definition) is 0. The van der Waals surface area contributed by atoms with Crippen LogP contribution >= 0.6 is 0 Å². The van der Waals surface area contributed by atoms with Gasteiger partial charge < -0.3 is 14.2 Å². The van der Waals surface area contributed by atoms with Crippen LogP contribution in [0.3, 0.4) is 0 Å². The Morgan fingerprint density at radius 3 is 1.02 bits per heavy atom. The molecule has 1 atom stereocenters. The molecule has 0 spiro atoms. The SMILES string of the molecule is CCCCCCCCCCCC(=O)OC[C@@H](COC(=O)CCCCCCCCCCCC(C)C)OC(=O)CCCCCCCCCCC. The van der Waals surface area contributed by atoms with Crippen molar-refractivity contribution in [2.45, 2.75) is 233 Å². The van der Waals surface area contributed by atoms with E-state index in [0.29, 0.717) is 19.3 Å². The maximum absolute atomic E-state index is 12.6. The van der Waals surface area contributed by atoms with E-state index in [1.165, 1.54) is 122 Å². The van der Waals surface area contributed by atoms with Gasteiger partial charge in [0.25, 0.3) is 0 Å². The highest BCUT2D eigenvalue weighted by Gasteiger charge is 2.19. The average Bonchev–Trinajstić information content (AvgIpc) is 3.06. The summed E-state index contributed by atoms with van der Waals surface area (Å²) in [7, 11) is 0. The number of hydrogen-bond acceptors (Lipinski definition) is 6. The molecule has 0 fully saturated rings. The third-order valence-corrected chi connectivity index (χ3v) is 9.29. The summed E-state index contributed by atoms with van der Waals surface area (Å²) >= 11 is 0. The molecule has 0 saturated carbocycles. The second kappa shape index (κ2) is 36.7. The summed E-state index contributed by atoms with van der Waals surface area (Å²) in [6, 6.07) is 0. The van der Waals surface area contributed by atoms with Crippen molar-refractivity contribution in [3.63, 3.8) is 0 Å². The Morgan fingerprint density at radius 2 is 0.688 bits per heavy atom. The Bertz CT molecular complexity index is 721. The highest BCUT2D eigenvalue weighted by Crippen LogP contribution is 2.15. The molecule has 0 aromatic carbocycles. The number of carbonyl (C=O) groups is 3. The number of esters is 3. The maximum Gasteiger partial charge on any atom is 0.306 e. The fourth-order valence-electron chi connectivity index (χ4n) is 6.10. The number of rotatable bonds is 37. The van der Waals surface area contributed by atoms with Crippen molar-refractivity contribution in [2.75, 3.05) is 13.2 Å². The predicted molar refractivity (Wildman–Crippen MR) is 201 cm³/mol. The number of carbonyl (C=O) groups excluding carboxylic acids is 3.